The summed E-state index contributed by atoms with van der Waals surface area (Å²) in [5.41, 5.74) is 4.17. The summed E-state index contributed by atoms with van der Waals surface area (Å²) in [6.45, 7) is 0. The molecule has 3 nitrogen and oxygen atoms in total. The summed E-state index contributed by atoms with van der Waals surface area (Å²) in [6.07, 6.45) is 1.99. The summed E-state index contributed by atoms with van der Waals surface area (Å²) < 4.78 is 0. The van der Waals surface area contributed by atoms with Crippen LogP contribution in [0.2, 0.25) is 0 Å². The van der Waals surface area contributed by atoms with Gasteiger partial charge in [0, 0.05) is 16.3 Å². The van der Waals surface area contributed by atoms with Crippen LogP contribution in [0, 0.1) is 0 Å². The van der Waals surface area contributed by atoms with Crippen molar-refractivity contribution in [3.8, 4) is 10.6 Å². The molecule has 0 spiro atoms. The summed E-state index contributed by atoms with van der Waals surface area (Å²) in [5, 5.41) is 9.92. The van der Waals surface area contributed by atoms with Crippen LogP contribution in [0.1, 0.15) is 34.1 Å². The second kappa shape index (κ2) is 5.66. The van der Waals surface area contributed by atoms with Crippen molar-refractivity contribution >= 4 is 28.6 Å². The Morgan fingerprint density at radius 1 is 1.23 bits per heavy atom. The molecule has 0 saturated heterocycles. The Balaban J connectivity index is 1.52. The third-order valence-electron chi connectivity index (χ3n) is 3.94. The van der Waals surface area contributed by atoms with Crippen LogP contribution in [0.15, 0.2) is 46.5 Å². The lowest BCUT2D eigenvalue weighted by Crippen LogP contribution is -2.27. The molecule has 1 aliphatic carbocycles. The fraction of sp³-hybridized carbons (Fsp3) is 0.176. The lowest BCUT2D eigenvalue weighted by Gasteiger charge is -2.12. The van der Waals surface area contributed by atoms with E-state index in [1.165, 1.54) is 22.5 Å². The highest BCUT2D eigenvalue weighted by Gasteiger charge is 2.24. The number of carbonyl (C=O) groups is 1. The van der Waals surface area contributed by atoms with E-state index < -0.39 is 0 Å². The Hall–Kier alpha value is -1.98. The number of nitrogens with one attached hydrogen (secondary N) is 1. The highest BCUT2D eigenvalue weighted by molar-refractivity contribution is 7.14. The largest absolute Gasteiger partial charge is 0.344 e. The van der Waals surface area contributed by atoms with Crippen LogP contribution in [0.25, 0.3) is 10.6 Å². The molecule has 5 heteroatoms. The van der Waals surface area contributed by atoms with Crippen molar-refractivity contribution in [2.45, 2.75) is 18.9 Å². The first-order valence-electron chi connectivity index (χ1n) is 7.18. The summed E-state index contributed by atoms with van der Waals surface area (Å²) in [6, 6.07) is 10.5. The molecule has 1 atom stereocenters. The predicted molar refractivity (Wildman–Crippen MR) is 90.4 cm³/mol. The highest BCUT2D eigenvalue weighted by Crippen LogP contribution is 2.31. The molecular weight excluding hydrogens is 312 g/mol. The van der Waals surface area contributed by atoms with Gasteiger partial charge in [0.15, 0.2) is 0 Å². The van der Waals surface area contributed by atoms with E-state index in [1.54, 1.807) is 11.3 Å². The number of rotatable bonds is 3. The van der Waals surface area contributed by atoms with E-state index in [2.05, 4.69) is 28.5 Å². The molecule has 1 amide bonds. The van der Waals surface area contributed by atoms with Crippen molar-refractivity contribution in [2.24, 2.45) is 0 Å². The van der Waals surface area contributed by atoms with Gasteiger partial charge in [-0.1, -0.05) is 24.3 Å². The number of nitrogens with zero attached hydrogens (tertiary/aromatic N) is 1. The van der Waals surface area contributed by atoms with E-state index in [-0.39, 0.29) is 11.9 Å². The number of amides is 1. The lowest BCUT2D eigenvalue weighted by atomic mass is 10.1. The van der Waals surface area contributed by atoms with E-state index in [4.69, 9.17) is 0 Å². The van der Waals surface area contributed by atoms with E-state index in [0.29, 0.717) is 5.69 Å². The number of carbonyl (C=O) groups excluding carboxylic acids is 1. The molecule has 0 radical (unpaired) electrons. The minimum atomic E-state index is -0.0839. The molecular formula is C17H14N2OS2. The van der Waals surface area contributed by atoms with E-state index in [0.717, 1.165) is 23.4 Å². The maximum atomic E-state index is 12.4. The second-order valence-electron chi connectivity index (χ2n) is 5.31. The zero-order valence-electron chi connectivity index (χ0n) is 11.8. The molecule has 2 aromatic heterocycles. The third kappa shape index (κ3) is 2.46. The van der Waals surface area contributed by atoms with Gasteiger partial charge in [0.05, 0.1) is 6.04 Å². The van der Waals surface area contributed by atoms with Crippen molar-refractivity contribution in [3.63, 3.8) is 0 Å². The van der Waals surface area contributed by atoms with Crippen molar-refractivity contribution in [1.82, 2.24) is 10.3 Å². The maximum absolute atomic E-state index is 12.4. The number of hydrogen-bond acceptors (Lipinski definition) is 4. The van der Waals surface area contributed by atoms with Gasteiger partial charge in [-0.3, -0.25) is 4.79 Å². The summed E-state index contributed by atoms with van der Waals surface area (Å²) in [7, 11) is 0. The number of thiazole rings is 1. The molecule has 2 heterocycles. The van der Waals surface area contributed by atoms with Crippen LogP contribution >= 0.6 is 22.7 Å². The standard InChI is InChI=1S/C17H14N2OS2/c20-16(15-10-22-17(19-15)12-7-8-21-9-12)18-14-6-5-11-3-1-2-4-13(11)14/h1-4,7-10,14H,5-6H2,(H,18,20)/t14-/m1/s1. The zero-order chi connectivity index (χ0) is 14.9. The van der Waals surface area contributed by atoms with Gasteiger partial charge in [-0.25, -0.2) is 4.98 Å². The fourth-order valence-corrected chi connectivity index (χ4v) is 4.35. The first-order chi connectivity index (χ1) is 10.8. The number of fused-ring (bicyclic) bond motifs is 1. The van der Waals surface area contributed by atoms with Gasteiger partial charge < -0.3 is 5.32 Å². The Kier molecular flexibility index (Phi) is 3.52. The minimum absolute atomic E-state index is 0.0839. The van der Waals surface area contributed by atoms with Gasteiger partial charge in [-0.05, 0) is 35.4 Å². The average Bonchev–Trinajstić information content (AvgIpc) is 3.28. The SMILES string of the molecule is O=C(N[C@@H]1CCc2ccccc21)c1csc(-c2ccsc2)n1. The number of aromatic nitrogens is 1. The number of hydrogen-bond donors (Lipinski definition) is 1. The van der Waals surface area contributed by atoms with Crippen molar-refractivity contribution in [3.05, 3.63) is 63.3 Å². The van der Waals surface area contributed by atoms with Crippen LogP contribution in [-0.2, 0) is 6.42 Å². The molecule has 1 aromatic carbocycles. The normalized spacial score (nSPS) is 16.5. The molecule has 0 aliphatic heterocycles. The maximum Gasteiger partial charge on any atom is 0.271 e. The summed E-state index contributed by atoms with van der Waals surface area (Å²) in [4.78, 5) is 16.9. The van der Waals surface area contributed by atoms with E-state index >= 15 is 0 Å². The van der Waals surface area contributed by atoms with E-state index in [1.807, 2.05) is 28.3 Å². The monoisotopic (exact) mass is 326 g/mol. The van der Waals surface area contributed by atoms with Gasteiger partial charge >= 0.3 is 0 Å². The first-order valence-corrected chi connectivity index (χ1v) is 9.00. The molecule has 0 fully saturated rings. The molecule has 4 rings (SSSR count). The van der Waals surface area contributed by atoms with E-state index in [9.17, 15) is 4.79 Å². The molecule has 22 heavy (non-hydrogen) atoms. The highest BCUT2D eigenvalue weighted by atomic mass is 32.1. The molecule has 1 N–H and O–H groups in total. The summed E-state index contributed by atoms with van der Waals surface area (Å²) >= 11 is 3.15. The van der Waals surface area contributed by atoms with Crippen molar-refractivity contribution in [1.29, 1.82) is 0 Å². The molecule has 1 aliphatic rings. The smallest absolute Gasteiger partial charge is 0.271 e. The van der Waals surface area contributed by atoms with Crippen molar-refractivity contribution < 1.29 is 4.79 Å². The van der Waals surface area contributed by atoms with Crippen LogP contribution in [0.3, 0.4) is 0 Å². The lowest BCUT2D eigenvalue weighted by molar-refractivity contribution is 0.0932. The van der Waals surface area contributed by atoms with Crippen LogP contribution in [0.4, 0.5) is 0 Å². The Morgan fingerprint density at radius 2 is 2.14 bits per heavy atom. The van der Waals surface area contributed by atoms with Gasteiger partial charge in [0.1, 0.15) is 10.7 Å². The average molecular weight is 326 g/mol. The number of benzene rings is 1. The van der Waals surface area contributed by atoms with Gasteiger partial charge in [0.25, 0.3) is 5.91 Å². The van der Waals surface area contributed by atoms with Crippen molar-refractivity contribution in [2.75, 3.05) is 0 Å². The topological polar surface area (TPSA) is 42.0 Å². The zero-order valence-corrected chi connectivity index (χ0v) is 13.4. The minimum Gasteiger partial charge on any atom is -0.344 e. The quantitative estimate of drug-likeness (QED) is 0.780. The molecule has 0 saturated carbocycles. The Morgan fingerprint density at radius 3 is 3.00 bits per heavy atom. The molecule has 3 aromatic rings. The summed E-state index contributed by atoms with van der Waals surface area (Å²) in [5.74, 6) is -0.0839. The number of thiophene rings is 1. The molecule has 0 unspecified atom stereocenters. The Bertz CT molecular complexity index is 808. The third-order valence-corrected chi connectivity index (χ3v) is 5.52. The van der Waals surface area contributed by atoms with Crippen LogP contribution in [0.5, 0.6) is 0 Å². The fourth-order valence-electron chi connectivity index (χ4n) is 2.84. The molecule has 0 bridgehead atoms. The Labute approximate surface area is 136 Å². The predicted octanol–water partition coefficient (Wildman–Crippen LogP) is 4.29. The van der Waals surface area contributed by atoms with Gasteiger partial charge in [0.2, 0.25) is 0 Å². The number of aryl methyl sites for hydroxylation is 1. The van der Waals surface area contributed by atoms with Gasteiger partial charge in [-0.2, -0.15) is 11.3 Å². The van der Waals surface area contributed by atoms with Crippen LogP contribution in [-0.4, -0.2) is 10.9 Å². The molecule has 110 valence electrons. The van der Waals surface area contributed by atoms with Crippen LogP contribution < -0.4 is 5.32 Å². The second-order valence-corrected chi connectivity index (χ2v) is 6.95. The van der Waals surface area contributed by atoms with Gasteiger partial charge in [-0.15, -0.1) is 11.3 Å². The first kappa shape index (κ1) is 13.7.